The number of rotatable bonds is 3. The molecule has 0 fully saturated rings. The lowest BCUT2D eigenvalue weighted by molar-refractivity contribution is 0.881. The van der Waals surface area contributed by atoms with Crippen molar-refractivity contribution in [2.45, 2.75) is 16.1 Å². The zero-order valence-electron chi connectivity index (χ0n) is 26.9. The van der Waals surface area contributed by atoms with E-state index in [9.17, 15) is 0 Å². The van der Waals surface area contributed by atoms with Gasteiger partial charge in [0.25, 0.3) is 0 Å². The van der Waals surface area contributed by atoms with Crippen LogP contribution in [-0.2, 0) is 0 Å². The molecular weight excluding hydrogens is 645 g/mol. The molecule has 0 N–H and O–H groups in total. The van der Waals surface area contributed by atoms with E-state index in [-0.39, 0.29) is 0 Å². The number of thioether (sulfide) groups is 1. The molecule has 2 aromatic heterocycles. The molecule has 2 atom stereocenters. The average molecular weight is 673 g/mol. The van der Waals surface area contributed by atoms with E-state index in [0.717, 1.165) is 32.9 Å². The van der Waals surface area contributed by atoms with Crippen LogP contribution in [0.3, 0.4) is 0 Å². The first-order chi connectivity index (χ1) is 24.8. The van der Waals surface area contributed by atoms with Crippen molar-refractivity contribution in [1.82, 2.24) is 9.97 Å². The lowest BCUT2D eigenvalue weighted by atomic mass is 9.90. The van der Waals surface area contributed by atoms with Crippen LogP contribution in [0.2, 0.25) is 0 Å². The molecule has 0 radical (unpaired) electrons. The van der Waals surface area contributed by atoms with Crippen LogP contribution in [-0.4, -0.2) is 15.2 Å². The molecule has 2 unspecified atom stereocenters. The summed E-state index contributed by atoms with van der Waals surface area (Å²) in [6, 6.07) is 48.6. The molecule has 0 saturated heterocycles. The van der Waals surface area contributed by atoms with Crippen LogP contribution in [0, 0.1) is 0 Å². The molecule has 11 rings (SSSR count). The standard InChI is InChI=1S/C46H28N2S2/c1-2-15-33-31(13-1)32-14-3-4-16-34(32)39-26-28(23-24-35(33)39)42-45-43(38-18-6-8-22-41(38)50-45)48-46(47-42)29-12-9-11-27(25-29)30-19-10-20-37-36-17-5-7-21-40(36)49-44(30)37/h1-26,36,40H. The van der Waals surface area contributed by atoms with E-state index in [1.165, 1.54) is 64.0 Å². The first-order valence-corrected chi connectivity index (χ1v) is 18.8. The van der Waals surface area contributed by atoms with E-state index in [0.29, 0.717) is 11.2 Å². The van der Waals surface area contributed by atoms with Gasteiger partial charge in [0.1, 0.15) is 0 Å². The summed E-state index contributed by atoms with van der Waals surface area (Å²) in [5, 5.41) is 9.23. The minimum absolute atomic E-state index is 0.431. The quantitative estimate of drug-likeness (QED) is 0.175. The monoisotopic (exact) mass is 672 g/mol. The Morgan fingerprint density at radius 1 is 0.500 bits per heavy atom. The Morgan fingerprint density at radius 2 is 1.18 bits per heavy atom. The van der Waals surface area contributed by atoms with Crippen molar-refractivity contribution in [1.29, 1.82) is 0 Å². The Kier molecular flexibility index (Phi) is 6.21. The van der Waals surface area contributed by atoms with Gasteiger partial charge in [0, 0.05) is 37.3 Å². The topological polar surface area (TPSA) is 25.8 Å². The van der Waals surface area contributed by atoms with Crippen molar-refractivity contribution in [3.8, 4) is 33.8 Å². The Labute approximate surface area is 297 Å². The van der Waals surface area contributed by atoms with Gasteiger partial charge in [-0.2, -0.15) is 0 Å². The molecule has 7 aromatic carbocycles. The highest BCUT2D eigenvalue weighted by molar-refractivity contribution is 8.00. The maximum absolute atomic E-state index is 5.43. The molecule has 0 saturated carbocycles. The zero-order chi connectivity index (χ0) is 32.8. The van der Waals surface area contributed by atoms with Gasteiger partial charge in [0.15, 0.2) is 5.82 Å². The second-order valence-corrected chi connectivity index (χ2v) is 15.4. The lowest BCUT2D eigenvalue weighted by Gasteiger charge is -2.14. The zero-order valence-corrected chi connectivity index (χ0v) is 28.5. The van der Waals surface area contributed by atoms with Crippen molar-refractivity contribution in [3.05, 3.63) is 163 Å². The average Bonchev–Trinajstić information content (AvgIpc) is 3.76. The maximum atomic E-state index is 5.43. The molecule has 50 heavy (non-hydrogen) atoms. The normalized spacial score (nSPS) is 16.6. The van der Waals surface area contributed by atoms with E-state index in [1.807, 2.05) is 11.8 Å². The summed E-state index contributed by atoms with van der Waals surface area (Å²) in [6.45, 7) is 0. The second-order valence-electron chi connectivity index (χ2n) is 13.2. The van der Waals surface area contributed by atoms with Gasteiger partial charge < -0.3 is 0 Å². The number of benzene rings is 7. The Balaban J connectivity index is 1.13. The molecule has 4 heteroatoms. The summed E-state index contributed by atoms with van der Waals surface area (Å²) in [5.74, 6) is 1.18. The van der Waals surface area contributed by atoms with Gasteiger partial charge in [-0.15, -0.1) is 23.1 Å². The highest BCUT2D eigenvalue weighted by atomic mass is 32.2. The third-order valence-corrected chi connectivity index (χ3v) is 13.0. The van der Waals surface area contributed by atoms with Crippen molar-refractivity contribution >= 4 is 75.7 Å². The number of fused-ring (bicyclic) bond motifs is 12. The first-order valence-electron chi connectivity index (χ1n) is 17.1. The summed E-state index contributed by atoms with van der Waals surface area (Å²) in [7, 11) is 0. The number of nitrogens with zero attached hydrogens (tertiary/aromatic N) is 2. The van der Waals surface area contributed by atoms with Crippen LogP contribution in [0.25, 0.3) is 86.4 Å². The molecule has 1 aliphatic heterocycles. The first kappa shape index (κ1) is 28.3. The molecule has 2 aliphatic rings. The molecular formula is C46H28N2S2. The number of allylic oxidation sites excluding steroid dienone is 3. The van der Waals surface area contributed by atoms with Crippen LogP contribution in [0.4, 0.5) is 0 Å². The third-order valence-electron chi connectivity index (χ3n) is 10.4. The van der Waals surface area contributed by atoms with Crippen LogP contribution < -0.4 is 0 Å². The predicted molar refractivity (Wildman–Crippen MR) is 214 cm³/mol. The van der Waals surface area contributed by atoms with Gasteiger partial charge in [-0.1, -0.05) is 140 Å². The molecule has 1 aliphatic carbocycles. The SMILES string of the molecule is C1=CC2Sc3c(-c4cccc(-c5nc(-c6ccc7c8ccccc8c8ccccc8c7c6)c6sc7ccccc7c6n5)c4)cccc3C2C=C1. The van der Waals surface area contributed by atoms with Gasteiger partial charge >= 0.3 is 0 Å². The van der Waals surface area contributed by atoms with Crippen molar-refractivity contribution in [3.63, 3.8) is 0 Å². The predicted octanol–water partition coefficient (Wildman–Crippen LogP) is 13.0. The molecule has 2 nitrogen and oxygen atoms in total. The largest absolute Gasteiger partial charge is 0.226 e. The van der Waals surface area contributed by atoms with E-state index >= 15 is 0 Å². The maximum Gasteiger partial charge on any atom is 0.160 e. The fourth-order valence-electron chi connectivity index (χ4n) is 8.09. The Bertz CT molecular complexity index is 2900. The molecule has 0 bridgehead atoms. The highest BCUT2D eigenvalue weighted by Gasteiger charge is 2.32. The second kappa shape index (κ2) is 11.0. The van der Waals surface area contributed by atoms with Crippen molar-refractivity contribution in [2.24, 2.45) is 0 Å². The highest BCUT2D eigenvalue weighted by Crippen LogP contribution is 2.52. The van der Waals surface area contributed by atoms with E-state index in [4.69, 9.17) is 9.97 Å². The van der Waals surface area contributed by atoms with Crippen molar-refractivity contribution < 1.29 is 0 Å². The fraction of sp³-hybridized carbons (Fsp3) is 0.0435. The summed E-state index contributed by atoms with van der Waals surface area (Å²) < 4.78 is 2.35. The van der Waals surface area contributed by atoms with Crippen LogP contribution in [0.15, 0.2) is 163 Å². The molecule has 0 amide bonds. The van der Waals surface area contributed by atoms with Crippen LogP contribution in [0.5, 0.6) is 0 Å². The Morgan fingerprint density at radius 3 is 2.00 bits per heavy atom. The van der Waals surface area contributed by atoms with Gasteiger partial charge in [-0.05, 0) is 67.2 Å². The fourth-order valence-corrected chi connectivity index (χ4v) is 10.7. The minimum Gasteiger partial charge on any atom is -0.226 e. The Hall–Kier alpha value is -5.55. The van der Waals surface area contributed by atoms with Gasteiger partial charge in [-0.3, -0.25) is 0 Å². The van der Waals surface area contributed by atoms with E-state index < -0.39 is 0 Å². The van der Waals surface area contributed by atoms with Gasteiger partial charge in [0.2, 0.25) is 0 Å². The lowest BCUT2D eigenvalue weighted by Crippen LogP contribution is -2.06. The summed E-state index contributed by atoms with van der Waals surface area (Å²) in [6.07, 6.45) is 9.05. The summed E-state index contributed by atoms with van der Waals surface area (Å²) in [5.41, 5.74) is 8.02. The van der Waals surface area contributed by atoms with Crippen LogP contribution in [0.1, 0.15) is 11.5 Å². The summed E-state index contributed by atoms with van der Waals surface area (Å²) in [4.78, 5) is 12.1. The smallest absolute Gasteiger partial charge is 0.160 e. The van der Waals surface area contributed by atoms with Crippen LogP contribution >= 0.6 is 23.1 Å². The minimum atomic E-state index is 0.431. The van der Waals surface area contributed by atoms with Gasteiger partial charge in [0.05, 0.1) is 15.9 Å². The van der Waals surface area contributed by atoms with Gasteiger partial charge in [-0.25, -0.2) is 9.97 Å². The summed E-state index contributed by atoms with van der Waals surface area (Å²) >= 11 is 3.76. The number of aromatic nitrogens is 2. The third kappa shape index (κ3) is 4.22. The van der Waals surface area contributed by atoms with E-state index in [2.05, 4.69) is 158 Å². The van der Waals surface area contributed by atoms with E-state index in [1.54, 1.807) is 11.3 Å². The number of thiophene rings is 1. The van der Waals surface area contributed by atoms with Crippen molar-refractivity contribution in [2.75, 3.05) is 0 Å². The molecule has 0 spiro atoms. The molecule has 9 aromatic rings. The molecule has 234 valence electrons. The number of hydrogen-bond donors (Lipinski definition) is 0. The number of hydrogen-bond acceptors (Lipinski definition) is 4. The molecule has 3 heterocycles.